The van der Waals surface area contributed by atoms with Gasteiger partial charge in [-0.2, -0.15) is 0 Å². The monoisotopic (exact) mass is 324 g/mol. The van der Waals surface area contributed by atoms with Gasteiger partial charge < -0.3 is 15.2 Å². The topological polar surface area (TPSA) is 98.3 Å². The third-order valence-corrected chi connectivity index (χ3v) is 4.75. The number of Topliss-reactive ketones (excluding diaryl/α,β-unsaturated/α-hetero) is 1. The molecule has 2 N–H and O–H groups in total. The van der Waals surface area contributed by atoms with E-state index in [4.69, 9.17) is 5.73 Å². The summed E-state index contributed by atoms with van der Waals surface area (Å²) in [5.74, 6) is -0.364. The zero-order valence-electron chi connectivity index (χ0n) is 12.9. The highest BCUT2D eigenvalue weighted by molar-refractivity contribution is 6.06. The molecular formula is C17H16N4O3. The Bertz CT molecular complexity index is 870. The highest BCUT2D eigenvalue weighted by Crippen LogP contribution is 2.35. The standard InChI is InChI=1S/C17H16N4O3/c18-16(23)13-8-19-15-9-20(5-6-21(13)15)17(24)12-7-14(22)11-4-2-1-3-10(11)12/h1-4,8,12H,5-7,9H2,(H2,18,23)/t12-/m0/s1. The first-order valence-corrected chi connectivity index (χ1v) is 7.81. The molecule has 2 heterocycles. The fourth-order valence-corrected chi connectivity index (χ4v) is 3.55. The number of hydrogen-bond acceptors (Lipinski definition) is 4. The first-order valence-electron chi connectivity index (χ1n) is 7.81. The van der Waals surface area contributed by atoms with Crippen LogP contribution in [0.25, 0.3) is 0 Å². The van der Waals surface area contributed by atoms with E-state index in [1.807, 2.05) is 18.2 Å². The number of ketones is 1. The highest BCUT2D eigenvalue weighted by Gasteiger charge is 2.37. The summed E-state index contributed by atoms with van der Waals surface area (Å²) >= 11 is 0. The lowest BCUT2D eigenvalue weighted by Gasteiger charge is -2.30. The fourth-order valence-electron chi connectivity index (χ4n) is 3.55. The lowest BCUT2D eigenvalue weighted by Crippen LogP contribution is -2.41. The quantitative estimate of drug-likeness (QED) is 0.879. The molecule has 2 amide bonds. The number of nitrogens with two attached hydrogens (primary N) is 1. The number of aromatic nitrogens is 2. The van der Waals surface area contributed by atoms with Crippen LogP contribution in [0.15, 0.2) is 30.5 Å². The predicted molar refractivity (Wildman–Crippen MR) is 84.3 cm³/mol. The Morgan fingerprint density at radius 3 is 2.79 bits per heavy atom. The van der Waals surface area contributed by atoms with Crippen LogP contribution in [-0.2, 0) is 17.9 Å². The van der Waals surface area contributed by atoms with Crippen molar-refractivity contribution < 1.29 is 14.4 Å². The van der Waals surface area contributed by atoms with Crippen LogP contribution in [0.1, 0.15) is 44.6 Å². The number of rotatable bonds is 2. The van der Waals surface area contributed by atoms with Crippen molar-refractivity contribution in [3.05, 3.63) is 53.1 Å². The molecule has 1 aliphatic heterocycles. The van der Waals surface area contributed by atoms with Crippen molar-refractivity contribution in [3.63, 3.8) is 0 Å². The number of hydrogen-bond donors (Lipinski definition) is 1. The van der Waals surface area contributed by atoms with E-state index in [-0.39, 0.29) is 18.1 Å². The molecule has 0 spiro atoms. The summed E-state index contributed by atoms with van der Waals surface area (Å²) in [6, 6.07) is 7.28. The maximum absolute atomic E-state index is 12.9. The molecule has 0 unspecified atom stereocenters. The summed E-state index contributed by atoms with van der Waals surface area (Å²) < 4.78 is 1.75. The van der Waals surface area contributed by atoms with Gasteiger partial charge in [0.1, 0.15) is 11.5 Å². The first-order chi connectivity index (χ1) is 11.6. The van der Waals surface area contributed by atoms with Gasteiger partial charge in [-0.15, -0.1) is 0 Å². The van der Waals surface area contributed by atoms with Crippen molar-refractivity contribution in [2.24, 2.45) is 5.73 Å². The van der Waals surface area contributed by atoms with Crippen LogP contribution in [0, 0.1) is 0 Å². The predicted octanol–water partition coefficient (Wildman–Crippen LogP) is 0.694. The summed E-state index contributed by atoms with van der Waals surface area (Å²) in [5, 5.41) is 0. The van der Waals surface area contributed by atoms with Crippen molar-refractivity contribution in [3.8, 4) is 0 Å². The second-order valence-electron chi connectivity index (χ2n) is 6.10. The van der Waals surface area contributed by atoms with E-state index in [9.17, 15) is 14.4 Å². The second-order valence-corrected chi connectivity index (χ2v) is 6.10. The fraction of sp³-hybridized carbons (Fsp3) is 0.294. The Hall–Kier alpha value is -2.96. The zero-order chi connectivity index (χ0) is 16.8. The molecule has 0 fully saturated rings. The van der Waals surface area contributed by atoms with Crippen molar-refractivity contribution in [2.45, 2.75) is 25.4 Å². The number of fused-ring (bicyclic) bond motifs is 2. The van der Waals surface area contributed by atoms with Crippen molar-refractivity contribution in [2.75, 3.05) is 6.54 Å². The first kappa shape index (κ1) is 14.6. The summed E-state index contributed by atoms with van der Waals surface area (Å²) in [6.07, 6.45) is 1.66. The van der Waals surface area contributed by atoms with E-state index < -0.39 is 11.8 Å². The SMILES string of the molecule is NC(=O)c1cnc2n1CCN(C(=O)[C@H]1CC(=O)c3ccccc31)C2. The lowest BCUT2D eigenvalue weighted by atomic mass is 9.99. The molecule has 1 aliphatic carbocycles. The summed E-state index contributed by atoms with van der Waals surface area (Å²) in [4.78, 5) is 42.3. The van der Waals surface area contributed by atoms with Crippen LogP contribution >= 0.6 is 0 Å². The van der Waals surface area contributed by atoms with Crippen LogP contribution in [0.2, 0.25) is 0 Å². The lowest BCUT2D eigenvalue weighted by molar-refractivity contribution is -0.134. The average Bonchev–Trinajstić information content (AvgIpc) is 3.15. The van der Waals surface area contributed by atoms with Crippen molar-refractivity contribution in [1.29, 1.82) is 0 Å². The minimum absolute atomic E-state index is 0.0125. The number of nitrogens with zero attached hydrogens (tertiary/aromatic N) is 3. The van der Waals surface area contributed by atoms with E-state index in [0.29, 0.717) is 36.7 Å². The Morgan fingerprint density at radius 1 is 1.21 bits per heavy atom. The minimum Gasteiger partial charge on any atom is -0.364 e. The van der Waals surface area contributed by atoms with Gasteiger partial charge in [-0.25, -0.2) is 4.98 Å². The molecule has 1 atom stereocenters. The third kappa shape index (κ3) is 2.12. The molecule has 1 aromatic heterocycles. The number of imidazole rings is 1. The third-order valence-electron chi connectivity index (χ3n) is 4.75. The Morgan fingerprint density at radius 2 is 2.00 bits per heavy atom. The van der Waals surface area contributed by atoms with Gasteiger partial charge in [-0.1, -0.05) is 24.3 Å². The van der Waals surface area contributed by atoms with Crippen LogP contribution in [0.5, 0.6) is 0 Å². The molecule has 1 aromatic carbocycles. The number of primary amides is 1. The number of amides is 2. The number of carbonyl (C=O) groups excluding carboxylic acids is 3. The summed E-state index contributed by atoms with van der Waals surface area (Å²) in [6.45, 7) is 1.26. The highest BCUT2D eigenvalue weighted by atomic mass is 16.2. The molecule has 24 heavy (non-hydrogen) atoms. The minimum atomic E-state index is -0.524. The van der Waals surface area contributed by atoms with Gasteiger partial charge >= 0.3 is 0 Å². The zero-order valence-corrected chi connectivity index (χ0v) is 12.9. The number of benzene rings is 1. The van der Waals surface area contributed by atoms with Gasteiger partial charge in [0.25, 0.3) is 5.91 Å². The van der Waals surface area contributed by atoms with E-state index in [0.717, 1.165) is 5.56 Å². The van der Waals surface area contributed by atoms with Crippen molar-refractivity contribution >= 4 is 17.6 Å². The largest absolute Gasteiger partial charge is 0.364 e. The average molecular weight is 324 g/mol. The molecule has 7 heteroatoms. The molecule has 122 valence electrons. The molecule has 7 nitrogen and oxygen atoms in total. The normalized spacial score (nSPS) is 19.1. The van der Waals surface area contributed by atoms with Gasteiger partial charge in [-0.3, -0.25) is 14.4 Å². The molecule has 4 rings (SSSR count). The molecule has 0 radical (unpaired) electrons. The van der Waals surface area contributed by atoms with Gasteiger partial charge in [0.15, 0.2) is 5.78 Å². The van der Waals surface area contributed by atoms with Gasteiger partial charge in [0.05, 0.1) is 18.7 Å². The maximum atomic E-state index is 12.9. The van der Waals surface area contributed by atoms with E-state index in [1.165, 1.54) is 6.20 Å². The van der Waals surface area contributed by atoms with Crippen LogP contribution in [-0.4, -0.2) is 38.6 Å². The van der Waals surface area contributed by atoms with Crippen LogP contribution in [0.3, 0.4) is 0 Å². The molecule has 2 aromatic rings. The van der Waals surface area contributed by atoms with E-state index >= 15 is 0 Å². The van der Waals surface area contributed by atoms with Gasteiger partial charge in [0, 0.05) is 25.1 Å². The van der Waals surface area contributed by atoms with Crippen LogP contribution in [0.4, 0.5) is 0 Å². The smallest absolute Gasteiger partial charge is 0.266 e. The van der Waals surface area contributed by atoms with Crippen molar-refractivity contribution in [1.82, 2.24) is 14.5 Å². The Labute approximate surface area is 138 Å². The van der Waals surface area contributed by atoms with E-state index in [1.54, 1.807) is 15.5 Å². The maximum Gasteiger partial charge on any atom is 0.266 e. The molecule has 0 saturated heterocycles. The summed E-state index contributed by atoms with van der Waals surface area (Å²) in [5.41, 5.74) is 7.14. The summed E-state index contributed by atoms with van der Waals surface area (Å²) in [7, 11) is 0. The number of carbonyl (C=O) groups is 3. The molecule has 0 saturated carbocycles. The molecule has 0 bridgehead atoms. The van der Waals surface area contributed by atoms with Gasteiger partial charge in [-0.05, 0) is 5.56 Å². The molecular weight excluding hydrogens is 308 g/mol. The Kier molecular flexibility index (Phi) is 3.23. The van der Waals surface area contributed by atoms with Crippen LogP contribution < -0.4 is 5.73 Å². The van der Waals surface area contributed by atoms with E-state index in [2.05, 4.69) is 4.98 Å². The second kappa shape index (κ2) is 5.30. The molecule has 2 aliphatic rings. The van der Waals surface area contributed by atoms with Gasteiger partial charge in [0.2, 0.25) is 5.91 Å². The Balaban J connectivity index is 1.59.